The predicted octanol–water partition coefficient (Wildman–Crippen LogP) is 1.66. The Morgan fingerprint density at radius 3 is 2.38 bits per heavy atom. The summed E-state index contributed by atoms with van der Waals surface area (Å²) in [6, 6.07) is -0.612. The van der Waals surface area contributed by atoms with Crippen molar-refractivity contribution in [1.82, 2.24) is 15.5 Å². The highest BCUT2D eigenvalue weighted by molar-refractivity contribution is 5.75. The molecule has 1 atom stereocenters. The topological polar surface area (TPSA) is 81.7 Å². The maximum Gasteiger partial charge on any atom is 0.315 e. The molecule has 1 heterocycles. The van der Waals surface area contributed by atoms with E-state index in [9.17, 15) is 9.59 Å². The van der Waals surface area contributed by atoms with Crippen LogP contribution in [0.15, 0.2) is 0 Å². The molecule has 0 radical (unpaired) electrons. The number of carbonyl (C=O) groups is 2. The summed E-state index contributed by atoms with van der Waals surface area (Å²) < 4.78 is 0. The molecule has 0 saturated carbocycles. The van der Waals surface area contributed by atoms with Crippen LogP contribution in [0.1, 0.15) is 46.5 Å². The van der Waals surface area contributed by atoms with Crippen molar-refractivity contribution in [2.24, 2.45) is 5.41 Å². The normalized spacial score (nSPS) is 17.5. The third-order valence-corrected chi connectivity index (χ3v) is 3.53. The Kier molecular flexibility index (Phi) is 6.95. The van der Waals surface area contributed by atoms with E-state index in [1.165, 1.54) is 12.8 Å². The molecule has 1 unspecified atom stereocenters. The summed E-state index contributed by atoms with van der Waals surface area (Å²) in [5, 5.41) is 14.5. The summed E-state index contributed by atoms with van der Waals surface area (Å²) in [6.07, 6.45) is 3.06. The summed E-state index contributed by atoms with van der Waals surface area (Å²) in [6.45, 7) is 9.78. The maximum absolute atomic E-state index is 11.9. The first-order valence-electron chi connectivity index (χ1n) is 7.75. The fourth-order valence-corrected chi connectivity index (χ4v) is 2.69. The van der Waals surface area contributed by atoms with Crippen molar-refractivity contribution in [2.75, 3.05) is 26.2 Å². The van der Waals surface area contributed by atoms with Gasteiger partial charge in [-0.25, -0.2) is 4.79 Å². The van der Waals surface area contributed by atoms with Gasteiger partial charge in [0.15, 0.2) is 0 Å². The number of hydrogen-bond donors (Lipinski definition) is 3. The number of carbonyl (C=O) groups excluding carboxylic acids is 1. The molecule has 0 spiro atoms. The molecule has 0 aliphatic carbocycles. The van der Waals surface area contributed by atoms with E-state index in [4.69, 9.17) is 5.11 Å². The van der Waals surface area contributed by atoms with Crippen molar-refractivity contribution in [3.05, 3.63) is 0 Å². The lowest BCUT2D eigenvalue weighted by molar-refractivity contribution is -0.137. The predicted molar refractivity (Wildman–Crippen MR) is 82.3 cm³/mol. The van der Waals surface area contributed by atoms with Crippen LogP contribution in [0, 0.1) is 5.41 Å². The van der Waals surface area contributed by atoms with Gasteiger partial charge in [0.1, 0.15) is 0 Å². The van der Waals surface area contributed by atoms with Crippen LogP contribution in [0.2, 0.25) is 0 Å². The van der Waals surface area contributed by atoms with E-state index in [-0.39, 0.29) is 23.9 Å². The van der Waals surface area contributed by atoms with E-state index in [1.54, 1.807) is 0 Å². The van der Waals surface area contributed by atoms with Gasteiger partial charge in [-0.1, -0.05) is 20.8 Å². The number of urea groups is 1. The second-order valence-electron chi connectivity index (χ2n) is 7.01. The number of rotatable bonds is 7. The first-order valence-corrected chi connectivity index (χ1v) is 7.75. The summed E-state index contributed by atoms with van der Waals surface area (Å²) >= 11 is 0. The van der Waals surface area contributed by atoms with Crippen molar-refractivity contribution in [3.63, 3.8) is 0 Å². The Morgan fingerprint density at radius 1 is 1.24 bits per heavy atom. The van der Waals surface area contributed by atoms with E-state index in [1.807, 2.05) is 20.8 Å². The van der Waals surface area contributed by atoms with Gasteiger partial charge in [-0.15, -0.1) is 0 Å². The van der Waals surface area contributed by atoms with E-state index in [0.29, 0.717) is 13.0 Å². The van der Waals surface area contributed by atoms with Gasteiger partial charge in [0.2, 0.25) is 0 Å². The fraction of sp³-hybridized carbons (Fsp3) is 0.867. The minimum absolute atomic E-state index is 0.0249. The van der Waals surface area contributed by atoms with Crippen LogP contribution in [0.3, 0.4) is 0 Å². The second kappa shape index (κ2) is 8.22. The van der Waals surface area contributed by atoms with Gasteiger partial charge in [0, 0.05) is 19.1 Å². The van der Waals surface area contributed by atoms with Gasteiger partial charge in [-0.2, -0.15) is 0 Å². The molecule has 2 amide bonds. The highest BCUT2D eigenvalue weighted by Gasteiger charge is 2.22. The molecular weight excluding hydrogens is 270 g/mol. The van der Waals surface area contributed by atoms with Crippen molar-refractivity contribution in [1.29, 1.82) is 0 Å². The third kappa shape index (κ3) is 8.55. The monoisotopic (exact) mass is 299 g/mol. The number of aliphatic carboxylic acids is 1. The van der Waals surface area contributed by atoms with Gasteiger partial charge in [0.05, 0.1) is 6.42 Å². The third-order valence-electron chi connectivity index (χ3n) is 3.53. The van der Waals surface area contributed by atoms with Crippen LogP contribution in [-0.4, -0.2) is 54.2 Å². The average Bonchev–Trinajstić information content (AvgIpc) is 2.78. The van der Waals surface area contributed by atoms with Gasteiger partial charge in [-0.05, 0) is 37.8 Å². The highest BCUT2D eigenvalue weighted by Crippen LogP contribution is 2.22. The Morgan fingerprint density at radius 2 is 1.86 bits per heavy atom. The minimum atomic E-state index is -0.887. The summed E-state index contributed by atoms with van der Waals surface area (Å²) in [5.74, 6) is -0.887. The number of nitrogens with zero attached hydrogens (tertiary/aromatic N) is 1. The molecule has 1 saturated heterocycles. The first-order chi connectivity index (χ1) is 9.76. The van der Waals surface area contributed by atoms with E-state index in [2.05, 4.69) is 15.5 Å². The molecule has 3 N–H and O–H groups in total. The van der Waals surface area contributed by atoms with E-state index in [0.717, 1.165) is 19.6 Å². The number of amides is 2. The van der Waals surface area contributed by atoms with Crippen LogP contribution < -0.4 is 10.6 Å². The lowest BCUT2D eigenvalue weighted by Crippen LogP contribution is -2.46. The molecule has 1 aliphatic rings. The zero-order valence-electron chi connectivity index (χ0n) is 13.4. The standard InChI is InChI=1S/C15H29N3O3/c1-15(2,3)11-12(10-13(19)20)17-14(21)16-6-9-18-7-4-5-8-18/h12H,4-11H2,1-3H3,(H,19,20)(H2,16,17,21). The molecule has 1 aliphatic heterocycles. The van der Waals surface area contributed by atoms with Gasteiger partial charge < -0.3 is 20.6 Å². The quantitative estimate of drug-likeness (QED) is 0.668. The zero-order valence-corrected chi connectivity index (χ0v) is 13.4. The molecular formula is C15H29N3O3. The van der Waals surface area contributed by atoms with Gasteiger partial charge in [-0.3, -0.25) is 4.79 Å². The van der Waals surface area contributed by atoms with Crippen molar-refractivity contribution in [3.8, 4) is 0 Å². The van der Waals surface area contributed by atoms with Crippen molar-refractivity contribution >= 4 is 12.0 Å². The average molecular weight is 299 g/mol. The highest BCUT2D eigenvalue weighted by atomic mass is 16.4. The van der Waals surface area contributed by atoms with Crippen LogP contribution >= 0.6 is 0 Å². The van der Waals surface area contributed by atoms with Crippen LogP contribution in [0.5, 0.6) is 0 Å². The molecule has 6 nitrogen and oxygen atoms in total. The number of likely N-dealkylation sites (tertiary alicyclic amines) is 1. The summed E-state index contributed by atoms with van der Waals surface area (Å²) in [4.78, 5) is 25.1. The first kappa shape index (κ1) is 17.8. The van der Waals surface area contributed by atoms with E-state index >= 15 is 0 Å². The Hall–Kier alpha value is -1.30. The molecule has 0 aromatic rings. The minimum Gasteiger partial charge on any atom is -0.481 e. The Bertz CT molecular complexity index is 347. The maximum atomic E-state index is 11.9. The SMILES string of the molecule is CC(C)(C)CC(CC(=O)O)NC(=O)NCCN1CCCC1. The zero-order chi connectivity index (χ0) is 15.9. The molecule has 122 valence electrons. The number of carboxylic acid groups (broad SMARTS) is 1. The Balaban J connectivity index is 2.30. The number of hydrogen-bond acceptors (Lipinski definition) is 3. The number of carboxylic acids is 1. The van der Waals surface area contributed by atoms with Crippen LogP contribution in [0.25, 0.3) is 0 Å². The van der Waals surface area contributed by atoms with Crippen LogP contribution in [0.4, 0.5) is 4.79 Å². The lowest BCUT2D eigenvalue weighted by atomic mass is 9.87. The fourth-order valence-electron chi connectivity index (χ4n) is 2.69. The van der Waals surface area contributed by atoms with Crippen molar-refractivity contribution < 1.29 is 14.7 Å². The summed E-state index contributed by atoms with van der Waals surface area (Å²) in [5.41, 5.74) is -0.0249. The molecule has 1 fully saturated rings. The molecule has 1 rings (SSSR count). The summed E-state index contributed by atoms with van der Waals surface area (Å²) in [7, 11) is 0. The van der Waals surface area contributed by atoms with Gasteiger partial charge >= 0.3 is 12.0 Å². The number of nitrogens with one attached hydrogen (secondary N) is 2. The molecule has 0 bridgehead atoms. The molecule has 21 heavy (non-hydrogen) atoms. The Labute approximate surface area is 127 Å². The van der Waals surface area contributed by atoms with Crippen molar-refractivity contribution in [2.45, 2.75) is 52.5 Å². The lowest BCUT2D eigenvalue weighted by Gasteiger charge is -2.26. The largest absolute Gasteiger partial charge is 0.481 e. The molecule has 6 heteroatoms. The van der Waals surface area contributed by atoms with Crippen LogP contribution in [-0.2, 0) is 4.79 Å². The second-order valence-corrected chi connectivity index (χ2v) is 7.01. The van der Waals surface area contributed by atoms with E-state index < -0.39 is 5.97 Å². The molecule has 0 aromatic carbocycles. The van der Waals surface area contributed by atoms with Gasteiger partial charge in [0.25, 0.3) is 0 Å². The molecule has 0 aromatic heterocycles. The smallest absolute Gasteiger partial charge is 0.315 e.